The first-order valence-corrected chi connectivity index (χ1v) is 10.3. The van der Waals surface area contributed by atoms with Gasteiger partial charge in [0.1, 0.15) is 5.75 Å². The number of hydrogen-bond acceptors (Lipinski definition) is 4. The molecule has 0 aliphatic heterocycles. The van der Waals surface area contributed by atoms with E-state index in [1.165, 1.54) is 23.8 Å². The number of amides is 2. The van der Waals surface area contributed by atoms with E-state index in [2.05, 4.69) is 17.4 Å². The van der Waals surface area contributed by atoms with E-state index in [4.69, 9.17) is 16.3 Å². The molecule has 3 aromatic rings. The molecule has 0 spiro atoms. The minimum absolute atomic E-state index is 0.0627. The number of hydrogen-bond donors (Lipinski definition) is 1. The van der Waals surface area contributed by atoms with E-state index in [0.717, 1.165) is 15.7 Å². The lowest BCUT2D eigenvalue weighted by Crippen LogP contribution is -2.36. The predicted octanol–water partition coefficient (Wildman–Crippen LogP) is 4.69. The molecule has 0 aliphatic carbocycles. The van der Waals surface area contributed by atoms with Crippen LogP contribution in [0.15, 0.2) is 65.6 Å². The van der Waals surface area contributed by atoms with Crippen molar-refractivity contribution in [3.63, 3.8) is 0 Å². The summed E-state index contributed by atoms with van der Waals surface area (Å²) in [6, 6.07) is 19.1. The molecule has 0 bridgehead atoms. The van der Waals surface area contributed by atoms with Gasteiger partial charge in [-0.2, -0.15) is 0 Å². The quantitative estimate of drug-likeness (QED) is 0.554. The maximum Gasteiger partial charge on any atom is 0.244 e. The largest absolute Gasteiger partial charge is 0.495 e. The summed E-state index contributed by atoms with van der Waals surface area (Å²) in [5, 5.41) is 5.51. The summed E-state index contributed by atoms with van der Waals surface area (Å²) < 4.78 is 5.21. The van der Waals surface area contributed by atoms with Gasteiger partial charge in [-0.05, 0) is 41.1 Å². The Balaban J connectivity index is 1.54. The molecular formula is C22H21ClN2O3S. The Morgan fingerprint density at radius 1 is 1.07 bits per heavy atom. The van der Waals surface area contributed by atoms with Crippen molar-refractivity contribution < 1.29 is 14.3 Å². The summed E-state index contributed by atoms with van der Waals surface area (Å²) in [4.78, 5) is 27.2. The molecular weight excluding hydrogens is 408 g/mol. The number of nitrogens with zero attached hydrogens (tertiary/aromatic N) is 1. The second-order valence-corrected chi connectivity index (χ2v) is 7.93. The van der Waals surface area contributed by atoms with Gasteiger partial charge in [0.15, 0.2) is 0 Å². The van der Waals surface area contributed by atoms with Crippen LogP contribution >= 0.6 is 23.4 Å². The average molecular weight is 429 g/mol. The fourth-order valence-electron chi connectivity index (χ4n) is 2.78. The number of anilines is 1. The average Bonchev–Trinajstić information content (AvgIpc) is 2.71. The number of thioether (sulfide) groups is 1. The molecule has 0 heterocycles. The molecule has 150 valence electrons. The molecule has 7 heteroatoms. The minimum Gasteiger partial charge on any atom is -0.495 e. The van der Waals surface area contributed by atoms with Crippen LogP contribution in [0.5, 0.6) is 5.75 Å². The molecule has 0 aliphatic rings. The third-order valence-corrected chi connectivity index (χ3v) is 5.54. The van der Waals surface area contributed by atoms with Crippen molar-refractivity contribution in [3.05, 3.63) is 65.7 Å². The van der Waals surface area contributed by atoms with Gasteiger partial charge in [-0.15, -0.1) is 11.8 Å². The van der Waals surface area contributed by atoms with Gasteiger partial charge < -0.3 is 15.0 Å². The number of likely N-dealkylation sites (N-methyl/N-ethyl adjacent to an activating group) is 1. The van der Waals surface area contributed by atoms with E-state index >= 15 is 0 Å². The van der Waals surface area contributed by atoms with Crippen LogP contribution in [0.1, 0.15) is 0 Å². The molecule has 0 fully saturated rings. The van der Waals surface area contributed by atoms with Gasteiger partial charge in [0.2, 0.25) is 11.8 Å². The van der Waals surface area contributed by atoms with Crippen molar-refractivity contribution in [1.29, 1.82) is 0 Å². The zero-order valence-corrected chi connectivity index (χ0v) is 17.7. The van der Waals surface area contributed by atoms with Crippen LogP contribution in [0.4, 0.5) is 5.69 Å². The SMILES string of the molecule is COc1ccc(Cl)cc1NC(=O)CN(C)C(=O)CSc1ccc2ccccc2c1. The highest BCUT2D eigenvalue weighted by molar-refractivity contribution is 8.00. The first-order chi connectivity index (χ1) is 14.0. The Morgan fingerprint density at radius 2 is 1.83 bits per heavy atom. The number of rotatable bonds is 7. The van der Waals surface area contributed by atoms with Crippen LogP contribution < -0.4 is 10.1 Å². The molecule has 3 aromatic carbocycles. The molecule has 2 amide bonds. The highest BCUT2D eigenvalue weighted by Crippen LogP contribution is 2.27. The summed E-state index contributed by atoms with van der Waals surface area (Å²) >= 11 is 7.43. The van der Waals surface area contributed by atoms with Crippen molar-refractivity contribution in [3.8, 4) is 5.75 Å². The van der Waals surface area contributed by atoms with Crippen molar-refractivity contribution in [2.75, 3.05) is 31.8 Å². The van der Waals surface area contributed by atoms with Gasteiger partial charge in [0, 0.05) is 17.0 Å². The Hall–Kier alpha value is -2.70. The smallest absolute Gasteiger partial charge is 0.244 e. The predicted molar refractivity (Wildman–Crippen MR) is 119 cm³/mol. The fourth-order valence-corrected chi connectivity index (χ4v) is 3.84. The third kappa shape index (κ3) is 5.65. The van der Waals surface area contributed by atoms with E-state index in [9.17, 15) is 9.59 Å². The van der Waals surface area contributed by atoms with Crippen LogP contribution in [0, 0.1) is 0 Å². The summed E-state index contributed by atoms with van der Waals surface area (Å²) in [5.41, 5.74) is 0.469. The highest BCUT2D eigenvalue weighted by Gasteiger charge is 2.15. The molecule has 0 saturated carbocycles. The number of benzene rings is 3. The fraction of sp³-hybridized carbons (Fsp3) is 0.182. The number of carbonyl (C=O) groups excluding carboxylic acids is 2. The minimum atomic E-state index is -0.322. The number of nitrogens with one attached hydrogen (secondary N) is 1. The van der Waals surface area contributed by atoms with E-state index in [-0.39, 0.29) is 24.1 Å². The number of halogens is 1. The van der Waals surface area contributed by atoms with Gasteiger partial charge >= 0.3 is 0 Å². The van der Waals surface area contributed by atoms with Crippen LogP contribution in [0.3, 0.4) is 0 Å². The summed E-state index contributed by atoms with van der Waals surface area (Å²) in [6.07, 6.45) is 0. The first-order valence-electron chi connectivity index (χ1n) is 8.95. The normalized spacial score (nSPS) is 10.6. The van der Waals surface area contributed by atoms with Gasteiger partial charge in [0.05, 0.1) is 25.1 Å². The number of carbonyl (C=O) groups is 2. The highest BCUT2D eigenvalue weighted by atomic mass is 35.5. The molecule has 29 heavy (non-hydrogen) atoms. The van der Waals surface area contributed by atoms with E-state index in [1.807, 2.05) is 30.3 Å². The first kappa shape index (κ1) is 21.0. The van der Waals surface area contributed by atoms with Crippen LogP contribution in [0.25, 0.3) is 10.8 Å². The van der Waals surface area contributed by atoms with Crippen LogP contribution in [0.2, 0.25) is 5.02 Å². The second kappa shape index (κ2) is 9.67. The van der Waals surface area contributed by atoms with E-state index in [0.29, 0.717) is 16.5 Å². The summed E-state index contributed by atoms with van der Waals surface area (Å²) in [7, 11) is 3.12. The van der Waals surface area contributed by atoms with E-state index < -0.39 is 0 Å². The zero-order chi connectivity index (χ0) is 20.8. The Labute approximate surface area is 179 Å². The molecule has 0 unspecified atom stereocenters. The molecule has 3 rings (SSSR count). The number of fused-ring (bicyclic) bond motifs is 1. The monoisotopic (exact) mass is 428 g/mol. The van der Waals surface area contributed by atoms with Gasteiger partial charge in [-0.1, -0.05) is 41.9 Å². The molecule has 0 saturated heterocycles. The van der Waals surface area contributed by atoms with Gasteiger partial charge in [-0.25, -0.2) is 0 Å². The molecule has 0 aromatic heterocycles. The van der Waals surface area contributed by atoms with Crippen molar-refractivity contribution in [1.82, 2.24) is 4.90 Å². The second-order valence-electron chi connectivity index (χ2n) is 6.44. The van der Waals surface area contributed by atoms with Crippen LogP contribution in [-0.2, 0) is 9.59 Å². The van der Waals surface area contributed by atoms with Crippen molar-refractivity contribution >= 4 is 51.6 Å². The maximum absolute atomic E-state index is 12.4. The van der Waals surface area contributed by atoms with Gasteiger partial charge in [-0.3, -0.25) is 9.59 Å². The zero-order valence-electron chi connectivity index (χ0n) is 16.1. The lowest BCUT2D eigenvalue weighted by atomic mass is 10.1. The Bertz CT molecular complexity index is 1040. The lowest BCUT2D eigenvalue weighted by molar-refractivity contribution is -0.131. The molecule has 5 nitrogen and oxygen atoms in total. The summed E-state index contributed by atoms with van der Waals surface area (Å²) in [5.74, 6) is 0.305. The van der Waals surface area contributed by atoms with Gasteiger partial charge in [0.25, 0.3) is 0 Å². The topological polar surface area (TPSA) is 58.6 Å². The summed E-state index contributed by atoms with van der Waals surface area (Å²) in [6.45, 7) is -0.0627. The number of ether oxygens (including phenoxy) is 1. The molecule has 0 atom stereocenters. The third-order valence-electron chi connectivity index (χ3n) is 4.33. The van der Waals surface area contributed by atoms with E-state index in [1.54, 1.807) is 25.2 Å². The van der Waals surface area contributed by atoms with Crippen LogP contribution in [-0.4, -0.2) is 43.2 Å². The van der Waals surface area contributed by atoms with Crippen molar-refractivity contribution in [2.45, 2.75) is 4.90 Å². The Morgan fingerprint density at radius 3 is 2.59 bits per heavy atom. The number of methoxy groups -OCH3 is 1. The Kier molecular flexibility index (Phi) is 7.01. The molecule has 0 radical (unpaired) electrons. The maximum atomic E-state index is 12.4. The lowest BCUT2D eigenvalue weighted by Gasteiger charge is -2.17. The standard InChI is InChI=1S/C22H21ClN2O3S/c1-25(13-21(26)24-19-12-17(23)8-10-20(19)28-2)22(27)14-29-18-9-7-15-5-3-4-6-16(15)11-18/h3-12H,13-14H2,1-2H3,(H,24,26). The molecule has 1 N–H and O–H groups in total. The van der Waals surface area contributed by atoms with Crippen molar-refractivity contribution in [2.24, 2.45) is 0 Å².